The maximum Gasteiger partial charge on any atom is 0.183 e. The second kappa shape index (κ2) is 9.05. The van der Waals surface area contributed by atoms with Crippen molar-refractivity contribution in [2.75, 3.05) is 10.6 Å². The molecular weight excluding hydrogens is 476 g/mol. The highest BCUT2D eigenvalue weighted by Crippen LogP contribution is 2.39. The predicted molar refractivity (Wildman–Crippen MR) is 141 cm³/mol. The molecule has 8 nitrogen and oxygen atoms in total. The summed E-state index contributed by atoms with van der Waals surface area (Å²) in [5.74, 6) is 0. The van der Waals surface area contributed by atoms with Gasteiger partial charge in [0.05, 0.1) is 23.8 Å². The molecule has 0 spiro atoms. The van der Waals surface area contributed by atoms with Crippen LogP contribution >= 0.6 is 22.7 Å². The number of nitrogens with zero attached hydrogens (tertiary/aromatic N) is 4. The molecule has 0 unspecified atom stereocenters. The summed E-state index contributed by atoms with van der Waals surface area (Å²) >= 11 is 3.65. The Labute approximate surface area is 212 Å². The molecule has 2 fully saturated rings. The Morgan fingerprint density at radius 2 is 1.17 bits per heavy atom. The number of nitrogens with one attached hydrogen (secondary N) is 4. The van der Waals surface area contributed by atoms with Crippen molar-refractivity contribution in [3.8, 4) is 22.5 Å². The SMILES string of the molecule is c1n[nH]c2c1-c1nc(NC3CC3)sc1CCC2.c1n[nH]c2c1-c1nc(NC3CCC3)sc1CCC2. The fraction of sp³-hybridized carbons (Fsp3) is 0.520. The first-order chi connectivity index (χ1) is 17.3. The molecular formula is C25H30N8S2. The van der Waals surface area contributed by atoms with Gasteiger partial charge >= 0.3 is 0 Å². The average molecular weight is 507 g/mol. The first kappa shape index (κ1) is 21.6. The number of aromatic nitrogens is 6. The fourth-order valence-corrected chi connectivity index (χ4v) is 7.17. The Hall–Kier alpha value is -2.72. The Bertz CT molecular complexity index is 1320. The zero-order valence-corrected chi connectivity index (χ0v) is 21.3. The summed E-state index contributed by atoms with van der Waals surface area (Å²) < 4.78 is 0. The molecule has 2 saturated carbocycles. The molecule has 4 heterocycles. The van der Waals surface area contributed by atoms with E-state index in [1.807, 2.05) is 35.1 Å². The van der Waals surface area contributed by atoms with Crippen molar-refractivity contribution < 1.29 is 0 Å². The van der Waals surface area contributed by atoms with Gasteiger partial charge < -0.3 is 10.6 Å². The van der Waals surface area contributed by atoms with Crippen molar-refractivity contribution in [1.82, 2.24) is 30.4 Å². The van der Waals surface area contributed by atoms with Crippen molar-refractivity contribution in [3.63, 3.8) is 0 Å². The molecule has 0 bridgehead atoms. The molecule has 0 aromatic carbocycles. The lowest BCUT2D eigenvalue weighted by atomic mass is 9.93. The number of H-pyrrole nitrogens is 2. The third-order valence-electron chi connectivity index (χ3n) is 7.34. The molecule has 0 atom stereocenters. The second-order valence-electron chi connectivity index (χ2n) is 10.0. The average Bonchev–Trinajstić information content (AvgIpc) is 3.17. The minimum atomic E-state index is 0.656. The van der Waals surface area contributed by atoms with E-state index in [4.69, 9.17) is 9.97 Å². The van der Waals surface area contributed by atoms with Gasteiger partial charge in [0.1, 0.15) is 0 Å². The molecule has 10 heteroatoms. The summed E-state index contributed by atoms with van der Waals surface area (Å²) in [4.78, 5) is 12.4. The Balaban J connectivity index is 0.000000120. The van der Waals surface area contributed by atoms with Crippen molar-refractivity contribution in [2.45, 2.75) is 82.7 Å². The van der Waals surface area contributed by atoms with Crippen LogP contribution in [-0.4, -0.2) is 42.4 Å². The summed E-state index contributed by atoms with van der Waals surface area (Å²) in [6.07, 6.45) is 17.2. The largest absolute Gasteiger partial charge is 0.359 e. The summed E-state index contributed by atoms with van der Waals surface area (Å²) in [6, 6.07) is 1.33. The molecule has 4 aromatic rings. The number of hydrogen-bond acceptors (Lipinski definition) is 8. The van der Waals surface area contributed by atoms with Crippen LogP contribution in [0.2, 0.25) is 0 Å². The summed E-state index contributed by atoms with van der Waals surface area (Å²) in [5.41, 5.74) is 7.21. The van der Waals surface area contributed by atoms with Gasteiger partial charge in [-0.25, -0.2) is 9.97 Å². The van der Waals surface area contributed by atoms with E-state index in [9.17, 15) is 0 Å². The number of aryl methyl sites for hydroxylation is 4. The van der Waals surface area contributed by atoms with Crippen LogP contribution in [0.4, 0.5) is 10.3 Å². The molecule has 4 aromatic heterocycles. The van der Waals surface area contributed by atoms with Crippen molar-refractivity contribution in [3.05, 3.63) is 33.5 Å². The number of fused-ring (bicyclic) bond motifs is 6. The van der Waals surface area contributed by atoms with E-state index >= 15 is 0 Å². The van der Waals surface area contributed by atoms with E-state index in [2.05, 4.69) is 31.0 Å². The van der Waals surface area contributed by atoms with E-state index in [1.54, 1.807) is 0 Å². The van der Waals surface area contributed by atoms with Crippen molar-refractivity contribution in [1.29, 1.82) is 0 Å². The van der Waals surface area contributed by atoms with E-state index in [-0.39, 0.29) is 0 Å². The van der Waals surface area contributed by atoms with Crippen LogP contribution in [0.5, 0.6) is 0 Å². The molecule has 4 aliphatic rings. The molecule has 0 amide bonds. The summed E-state index contributed by atoms with van der Waals surface area (Å²) in [6.45, 7) is 0. The van der Waals surface area contributed by atoms with Crippen LogP contribution in [0.3, 0.4) is 0 Å². The van der Waals surface area contributed by atoms with Crippen molar-refractivity contribution >= 4 is 32.9 Å². The zero-order valence-electron chi connectivity index (χ0n) is 19.7. The standard InChI is InChI=1S/C13H16N4S.C12H14N4S/c1-3-8(4-1)15-13-16-12-9-7-14-17-10(9)5-2-6-11(12)18-13;1-2-9-8(6-13-16-9)11-10(3-1)17-12(15-11)14-7-4-5-7/h7-8H,1-6H2,(H,14,17)(H,15,16);6-7H,1-5H2,(H,13,16)(H,14,15). The highest BCUT2D eigenvalue weighted by Gasteiger charge is 2.26. The molecule has 4 N–H and O–H groups in total. The van der Waals surface area contributed by atoms with Gasteiger partial charge in [-0.15, -0.1) is 22.7 Å². The van der Waals surface area contributed by atoms with E-state index in [1.165, 1.54) is 77.2 Å². The van der Waals surface area contributed by atoms with E-state index in [0.717, 1.165) is 47.3 Å². The van der Waals surface area contributed by atoms with Gasteiger partial charge in [-0.3, -0.25) is 10.2 Å². The van der Waals surface area contributed by atoms with Crippen molar-refractivity contribution in [2.24, 2.45) is 0 Å². The second-order valence-corrected chi connectivity index (χ2v) is 12.2. The molecule has 182 valence electrons. The maximum atomic E-state index is 4.79. The number of thiazole rings is 2. The lowest BCUT2D eigenvalue weighted by Gasteiger charge is -2.25. The van der Waals surface area contributed by atoms with Gasteiger partial charge in [0, 0.05) is 44.4 Å². The number of anilines is 2. The van der Waals surface area contributed by atoms with Gasteiger partial charge in [0.25, 0.3) is 0 Å². The topological polar surface area (TPSA) is 107 Å². The van der Waals surface area contributed by atoms with E-state index < -0.39 is 0 Å². The van der Waals surface area contributed by atoms with Gasteiger partial charge in [0.15, 0.2) is 10.3 Å². The monoisotopic (exact) mass is 506 g/mol. The highest BCUT2D eigenvalue weighted by atomic mass is 32.1. The smallest absolute Gasteiger partial charge is 0.183 e. The quantitative estimate of drug-likeness (QED) is 0.288. The fourth-order valence-electron chi connectivity index (χ4n) is 4.98. The highest BCUT2D eigenvalue weighted by molar-refractivity contribution is 7.16. The first-order valence-electron chi connectivity index (χ1n) is 12.9. The minimum absolute atomic E-state index is 0.656. The van der Waals surface area contributed by atoms with Crippen LogP contribution < -0.4 is 10.6 Å². The van der Waals surface area contributed by atoms with Gasteiger partial charge in [-0.2, -0.15) is 10.2 Å². The lowest BCUT2D eigenvalue weighted by molar-refractivity contribution is 0.445. The third-order valence-corrected chi connectivity index (χ3v) is 9.43. The summed E-state index contributed by atoms with van der Waals surface area (Å²) in [5, 5.41) is 23.7. The molecule has 0 aliphatic heterocycles. The van der Waals surface area contributed by atoms with Gasteiger partial charge in [-0.05, 0) is 70.6 Å². The normalized spacial score (nSPS) is 18.5. The predicted octanol–water partition coefficient (Wildman–Crippen LogP) is 5.58. The van der Waals surface area contributed by atoms with Crippen LogP contribution in [0.1, 0.15) is 66.1 Å². The number of rotatable bonds is 4. The zero-order chi connectivity index (χ0) is 23.2. The first-order valence-corrected chi connectivity index (χ1v) is 14.5. The van der Waals surface area contributed by atoms with Crippen LogP contribution in [0.25, 0.3) is 22.5 Å². The molecule has 35 heavy (non-hydrogen) atoms. The third kappa shape index (κ3) is 4.38. The van der Waals surface area contributed by atoms with Crippen LogP contribution in [0, 0.1) is 0 Å². The summed E-state index contributed by atoms with van der Waals surface area (Å²) in [7, 11) is 0. The Morgan fingerprint density at radius 3 is 1.63 bits per heavy atom. The maximum absolute atomic E-state index is 4.79. The lowest BCUT2D eigenvalue weighted by Crippen LogP contribution is -2.26. The van der Waals surface area contributed by atoms with Gasteiger partial charge in [0.2, 0.25) is 0 Å². The van der Waals surface area contributed by atoms with Gasteiger partial charge in [-0.1, -0.05) is 0 Å². The number of hydrogen-bond donors (Lipinski definition) is 4. The van der Waals surface area contributed by atoms with Crippen LogP contribution in [-0.2, 0) is 25.7 Å². The van der Waals surface area contributed by atoms with Crippen LogP contribution in [0.15, 0.2) is 12.4 Å². The minimum Gasteiger partial charge on any atom is -0.359 e. The van der Waals surface area contributed by atoms with E-state index in [0.29, 0.717) is 12.1 Å². The molecule has 0 radical (unpaired) electrons. The number of aromatic amines is 2. The molecule has 4 aliphatic carbocycles. The molecule has 8 rings (SSSR count). The Morgan fingerprint density at radius 1 is 0.657 bits per heavy atom. The molecule has 0 saturated heterocycles. The Kier molecular flexibility index (Phi) is 5.58.